The summed E-state index contributed by atoms with van der Waals surface area (Å²) >= 11 is 0. The van der Waals surface area contributed by atoms with Crippen molar-refractivity contribution in [3.8, 4) is 0 Å². The van der Waals surface area contributed by atoms with Crippen LogP contribution in [-0.4, -0.2) is 5.78 Å². The van der Waals surface area contributed by atoms with E-state index in [4.69, 9.17) is 0 Å². The van der Waals surface area contributed by atoms with E-state index in [-0.39, 0.29) is 0 Å². The van der Waals surface area contributed by atoms with Crippen molar-refractivity contribution in [2.75, 3.05) is 0 Å². The fraction of sp³-hybridized carbons (Fsp3) is 0.889. The van der Waals surface area contributed by atoms with Gasteiger partial charge in [-0.15, -0.1) is 0 Å². The monoisotopic (exact) mass is 138 g/mol. The van der Waals surface area contributed by atoms with Gasteiger partial charge in [-0.2, -0.15) is 0 Å². The van der Waals surface area contributed by atoms with Gasteiger partial charge in [-0.1, -0.05) is 6.92 Å². The van der Waals surface area contributed by atoms with E-state index in [0.29, 0.717) is 17.6 Å². The Labute approximate surface area is 61.8 Å². The van der Waals surface area contributed by atoms with Gasteiger partial charge in [-0.3, -0.25) is 4.79 Å². The summed E-state index contributed by atoms with van der Waals surface area (Å²) in [5.74, 6) is 2.59. The zero-order chi connectivity index (χ0) is 7.14. The minimum atomic E-state index is 0.473. The molecule has 56 valence electrons. The van der Waals surface area contributed by atoms with E-state index in [1.807, 2.05) is 0 Å². The van der Waals surface area contributed by atoms with E-state index in [9.17, 15) is 4.79 Å². The molecule has 2 aliphatic carbocycles. The van der Waals surface area contributed by atoms with Crippen LogP contribution >= 0.6 is 0 Å². The lowest BCUT2D eigenvalue weighted by Gasteiger charge is -2.23. The molecular formula is C9H14O. The van der Waals surface area contributed by atoms with Crippen LogP contribution in [0.4, 0.5) is 0 Å². The number of hydrogen-bond acceptors (Lipinski definition) is 1. The second kappa shape index (κ2) is 2.08. The molecule has 1 heteroatoms. The molecule has 2 bridgehead atoms. The molecule has 0 radical (unpaired) electrons. The van der Waals surface area contributed by atoms with Gasteiger partial charge in [0.25, 0.3) is 0 Å². The highest BCUT2D eigenvalue weighted by Gasteiger charge is 2.38. The Balaban J connectivity index is 2.16. The summed E-state index contributed by atoms with van der Waals surface area (Å²) in [5, 5.41) is 0. The summed E-state index contributed by atoms with van der Waals surface area (Å²) in [6.07, 6.45) is 4.58. The largest absolute Gasteiger partial charge is 0.299 e. The lowest BCUT2D eigenvalue weighted by atomic mass is 9.80. The highest BCUT2D eigenvalue weighted by molar-refractivity contribution is 5.82. The molecule has 2 saturated carbocycles. The second-order valence-corrected chi connectivity index (χ2v) is 3.92. The van der Waals surface area contributed by atoms with Crippen LogP contribution in [0.2, 0.25) is 0 Å². The van der Waals surface area contributed by atoms with Crippen molar-refractivity contribution >= 4 is 5.78 Å². The van der Waals surface area contributed by atoms with Crippen molar-refractivity contribution in [1.82, 2.24) is 0 Å². The smallest absolute Gasteiger partial charge is 0.136 e. The van der Waals surface area contributed by atoms with Crippen LogP contribution in [0.15, 0.2) is 0 Å². The lowest BCUT2D eigenvalue weighted by Crippen LogP contribution is -2.23. The molecule has 1 nitrogen and oxygen atoms in total. The first-order chi connectivity index (χ1) is 4.77. The first kappa shape index (κ1) is 6.38. The van der Waals surface area contributed by atoms with E-state index in [2.05, 4.69) is 6.92 Å². The van der Waals surface area contributed by atoms with Crippen molar-refractivity contribution in [3.63, 3.8) is 0 Å². The summed E-state index contributed by atoms with van der Waals surface area (Å²) in [6, 6.07) is 0. The van der Waals surface area contributed by atoms with Gasteiger partial charge < -0.3 is 0 Å². The molecule has 2 aliphatic rings. The highest BCUT2D eigenvalue weighted by atomic mass is 16.1. The third kappa shape index (κ3) is 0.799. The first-order valence-electron chi connectivity index (χ1n) is 4.30. The van der Waals surface area contributed by atoms with Crippen LogP contribution in [0, 0.1) is 17.8 Å². The van der Waals surface area contributed by atoms with Crippen molar-refractivity contribution in [2.24, 2.45) is 17.8 Å². The van der Waals surface area contributed by atoms with Crippen LogP contribution in [0.25, 0.3) is 0 Å². The number of fused-ring (bicyclic) bond motifs is 2. The Kier molecular flexibility index (Phi) is 1.33. The fourth-order valence-corrected chi connectivity index (χ4v) is 2.48. The fourth-order valence-electron chi connectivity index (χ4n) is 2.48. The van der Waals surface area contributed by atoms with Gasteiger partial charge in [0.2, 0.25) is 0 Å². The number of rotatable bonds is 0. The maximum Gasteiger partial charge on any atom is 0.136 e. The molecule has 0 N–H and O–H groups in total. The van der Waals surface area contributed by atoms with E-state index < -0.39 is 0 Å². The van der Waals surface area contributed by atoms with Gasteiger partial charge >= 0.3 is 0 Å². The normalized spacial score (nSPS) is 46.1. The molecule has 0 saturated heterocycles. The molecule has 0 aromatic heterocycles. The Hall–Kier alpha value is -0.330. The molecule has 0 aromatic rings. The van der Waals surface area contributed by atoms with Crippen molar-refractivity contribution in [2.45, 2.75) is 32.6 Å². The van der Waals surface area contributed by atoms with Gasteiger partial charge in [-0.05, 0) is 31.1 Å². The average molecular weight is 138 g/mol. The maximum atomic E-state index is 11.3. The highest BCUT2D eigenvalue weighted by Crippen LogP contribution is 2.42. The van der Waals surface area contributed by atoms with E-state index in [1.165, 1.54) is 19.3 Å². The van der Waals surface area contributed by atoms with E-state index in [1.54, 1.807) is 0 Å². The molecule has 0 unspecified atom stereocenters. The topological polar surface area (TPSA) is 17.1 Å². The predicted molar refractivity (Wildman–Crippen MR) is 39.6 cm³/mol. The van der Waals surface area contributed by atoms with Crippen molar-refractivity contribution in [3.05, 3.63) is 0 Å². The minimum absolute atomic E-state index is 0.473. The summed E-state index contributed by atoms with van der Waals surface area (Å²) < 4.78 is 0. The summed E-state index contributed by atoms with van der Waals surface area (Å²) in [4.78, 5) is 11.3. The zero-order valence-electron chi connectivity index (χ0n) is 6.47. The van der Waals surface area contributed by atoms with Crippen molar-refractivity contribution in [1.29, 1.82) is 0 Å². The predicted octanol–water partition coefficient (Wildman–Crippen LogP) is 2.01. The molecule has 2 rings (SSSR count). The average Bonchev–Trinajstić information content (AvgIpc) is 2.28. The molecule has 10 heavy (non-hydrogen) atoms. The van der Waals surface area contributed by atoms with Crippen LogP contribution < -0.4 is 0 Å². The van der Waals surface area contributed by atoms with Gasteiger partial charge in [0.15, 0.2) is 0 Å². The van der Waals surface area contributed by atoms with Crippen LogP contribution in [0.5, 0.6) is 0 Å². The Morgan fingerprint density at radius 1 is 1.40 bits per heavy atom. The number of Topliss-reactive ketones (excluding diaryl/α,β-unsaturated/α-hetero) is 1. The van der Waals surface area contributed by atoms with E-state index in [0.717, 1.165) is 12.3 Å². The Bertz CT molecular complexity index is 162. The molecule has 0 heterocycles. The lowest BCUT2D eigenvalue weighted by molar-refractivity contribution is -0.125. The standard InChI is InChI=1S/C9H14O/c1-6-4-9(10)8-3-2-7(6)5-8/h6-8H,2-5H2,1H3/t6-,7-,8+/m0/s1. The van der Waals surface area contributed by atoms with Gasteiger partial charge in [0.05, 0.1) is 0 Å². The van der Waals surface area contributed by atoms with Crippen molar-refractivity contribution < 1.29 is 4.79 Å². The van der Waals surface area contributed by atoms with Crippen LogP contribution in [0.3, 0.4) is 0 Å². The molecule has 0 aromatic carbocycles. The number of carbonyl (C=O) groups is 1. The molecule has 0 spiro atoms. The summed E-state index contributed by atoms with van der Waals surface area (Å²) in [6.45, 7) is 2.23. The number of ketones is 1. The van der Waals surface area contributed by atoms with Crippen LogP contribution in [-0.2, 0) is 4.79 Å². The third-order valence-corrected chi connectivity index (χ3v) is 3.26. The first-order valence-corrected chi connectivity index (χ1v) is 4.30. The van der Waals surface area contributed by atoms with Crippen LogP contribution in [0.1, 0.15) is 32.6 Å². The Morgan fingerprint density at radius 3 is 3.00 bits per heavy atom. The molecule has 3 atom stereocenters. The SMILES string of the molecule is C[C@H]1CC(=O)[C@@H]2CC[C@H]1C2. The molecule has 0 amide bonds. The number of hydrogen-bond donors (Lipinski definition) is 0. The summed E-state index contributed by atoms with van der Waals surface area (Å²) in [5.41, 5.74) is 0. The third-order valence-electron chi connectivity index (χ3n) is 3.26. The van der Waals surface area contributed by atoms with Gasteiger partial charge in [0, 0.05) is 12.3 Å². The van der Waals surface area contributed by atoms with Gasteiger partial charge in [-0.25, -0.2) is 0 Å². The molecular weight excluding hydrogens is 124 g/mol. The number of carbonyl (C=O) groups excluding carboxylic acids is 1. The molecule has 2 fully saturated rings. The maximum absolute atomic E-state index is 11.3. The second-order valence-electron chi connectivity index (χ2n) is 3.92. The Morgan fingerprint density at radius 2 is 2.20 bits per heavy atom. The quantitative estimate of drug-likeness (QED) is 0.500. The van der Waals surface area contributed by atoms with Gasteiger partial charge in [0.1, 0.15) is 5.78 Å². The zero-order valence-corrected chi connectivity index (χ0v) is 6.47. The molecule has 0 aliphatic heterocycles. The minimum Gasteiger partial charge on any atom is -0.299 e. The van der Waals surface area contributed by atoms with E-state index >= 15 is 0 Å². The summed E-state index contributed by atoms with van der Waals surface area (Å²) in [7, 11) is 0.